The van der Waals surface area contributed by atoms with Crippen LogP contribution in [0.1, 0.15) is 0 Å². The third-order valence-electron chi connectivity index (χ3n) is 4.52. The Morgan fingerprint density at radius 1 is 0.625 bits per heavy atom. The minimum Gasteiger partial charge on any atom is -0.456 e. The second-order valence-electron chi connectivity index (χ2n) is 5.98. The molecule has 0 spiro atoms. The molecule has 0 saturated heterocycles. The van der Waals surface area contributed by atoms with Crippen molar-refractivity contribution in [1.29, 1.82) is 0 Å². The molecule has 5 aromatic rings. The van der Waals surface area contributed by atoms with Gasteiger partial charge >= 0.3 is 0 Å². The predicted molar refractivity (Wildman–Crippen MR) is 102 cm³/mol. The largest absolute Gasteiger partial charge is 0.456 e. The first-order chi connectivity index (χ1) is 11.8. The topological polar surface area (TPSA) is 13.1 Å². The Labute approximate surface area is 144 Å². The summed E-state index contributed by atoms with van der Waals surface area (Å²) in [4.78, 5) is 0. The highest BCUT2D eigenvalue weighted by molar-refractivity contribution is 6.30. The number of halogens is 1. The molecule has 0 aliphatic carbocycles. The van der Waals surface area contributed by atoms with Gasteiger partial charge in [-0.15, -0.1) is 0 Å². The van der Waals surface area contributed by atoms with E-state index in [0.717, 1.165) is 32.7 Å². The van der Waals surface area contributed by atoms with Crippen LogP contribution in [0.5, 0.6) is 0 Å². The summed E-state index contributed by atoms with van der Waals surface area (Å²) >= 11 is 6.12. The quantitative estimate of drug-likeness (QED) is 0.321. The fourth-order valence-electron chi connectivity index (χ4n) is 3.39. The molecule has 1 nitrogen and oxygen atoms in total. The Hall–Kier alpha value is -2.77. The molecule has 1 heterocycles. The van der Waals surface area contributed by atoms with E-state index in [-0.39, 0.29) is 0 Å². The predicted octanol–water partition coefficient (Wildman–Crippen LogP) is 7.06. The molecule has 5 rings (SSSR count). The summed E-state index contributed by atoms with van der Waals surface area (Å²) in [6, 6.07) is 26.8. The lowest BCUT2D eigenvalue weighted by Gasteiger charge is -2.02. The zero-order valence-electron chi connectivity index (χ0n) is 12.8. The highest BCUT2D eigenvalue weighted by Gasteiger charge is 2.11. The van der Waals surface area contributed by atoms with Crippen LogP contribution < -0.4 is 0 Å². The second kappa shape index (κ2) is 5.12. The van der Waals surface area contributed by atoms with Gasteiger partial charge < -0.3 is 4.42 Å². The maximum atomic E-state index is 6.12. The molecule has 0 radical (unpaired) electrons. The SMILES string of the molecule is Clc1cccc(-c2ccc3c(c2)oc2ccc4ccccc4c23)c1. The molecule has 24 heavy (non-hydrogen) atoms. The fraction of sp³-hybridized carbons (Fsp3) is 0. The number of hydrogen-bond acceptors (Lipinski definition) is 1. The lowest BCUT2D eigenvalue weighted by molar-refractivity contribution is 0.669. The molecule has 0 atom stereocenters. The molecule has 0 saturated carbocycles. The van der Waals surface area contributed by atoms with Gasteiger partial charge in [0.25, 0.3) is 0 Å². The van der Waals surface area contributed by atoms with Crippen LogP contribution in [0.15, 0.2) is 83.3 Å². The molecule has 114 valence electrons. The highest BCUT2D eigenvalue weighted by atomic mass is 35.5. The zero-order valence-corrected chi connectivity index (χ0v) is 13.5. The first-order valence-electron chi connectivity index (χ1n) is 7.89. The summed E-state index contributed by atoms with van der Waals surface area (Å²) in [5, 5.41) is 5.52. The second-order valence-corrected chi connectivity index (χ2v) is 6.42. The normalized spacial score (nSPS) is 11.5. The average molecular weight is 329 g/mol. The van der Waals surface area contributed by atoms with E-state index in [9.17, 15) is 0 Å². The fourth-order valence-corrected chi connectivity index (χ4v) is 3.58. The van der Waals surface area contributed by atoms with Gasteiger partial charge in [-0.05, 0) is 52.2 Å². The average Bonchev–Trinajstić information content (AvgIpc) is 3.00. The van der Waals surface area contributed by atoms with Crippen LogP contribution in [-0.4, -0.2) is 0 Å². The van der Waals surface area contributed by atoms with Gasteiger partial charge in [-0.3, -0.25) is 0 Å². The Morgan fingerprint density at radius 3 is 2.42 bits per heavy atom. The van der Waals surface area contributed by atoms with Crippen molar-refractivity contribution >= 4 is 44.3 Å². The summed E-state index contributed by atoms with van der Waals surface area (Å²) in [5.41, 5.74) is 4.02. The minimum atomic E-state index is 0.739. The summed E-state index contributed by atoms with van der Waals surface area (Å²) < 4.78 is 6.12. The van der Waals surface area contributed by atoms with E-state index in [1.165, 1.54) is 16.2 Å². The molecular formula is C22H13ClO. The third-order valence-corrected chi connectivity index (χ3v) is 4.75. The molecule has 0 N–H and O–H groups in total. The van der Waals surface area contributed by atoms with E-state index in [1.54, 1.807) is 0 Å². The minimum absolute atomic E-state index is 0.739. The van der Waals surface area contributed by atoms with Gasteiger partial charge in [-0.25, -0.2) is 0 Å². The maximum absolute atomic E-state index is 6.12. The number of fused-ring (bicyclic) bond motifs is 5. The molecular weight excluding hydrogens is 316 g/mol. The lowest BCUT2D eigenvalue weighted by Crippen LogP contribution is -1.78. The molecule has 1 aromatic heterocycles. The van der Waals surface area contributed by atoms with Crippen LogP contribution >= 0.6 is 11.6 Å². The summed E-state index contributed by atoms with van der Waals surface area (Å²) in [6.07, 6.45) is 0. The van der Waals surface area contributed by atoms with Crippen molar-refractivity contribution in [3.8, 4) is 11.1 Å². The van der Waals surface area contributed by atoms with Crippen molar-refractivity contribution in [2.24, 2.45) is 0 Å². The monoisotopic (exact) mass is 328 g/mol. The Bertz CT molecular complexity index is 1220. The van der Waals surface area contributed by atoms with Crippen LogP contribution in [0, 0.1) is 0 Å². The number of furan rings is 1. The first kappa shape index (κ1) is 13.6. The van der Waals surface area contributed by atoms with Gasteiger partial charge in [-0.2, -0.15) is 0 Å². The molecule has 4 aromatic carbocycles. The molecule has 0 bridgehead atoms. The van der Waals surface area contributed by atoms with Gasteiger partial charge in [0, 0.05) is 15.8 Å². The van der Waals surface area contributed by atoms with Gasteiger partial charge in [0.1, 0.15) is 11.2 Å². The van der Waals surface area contributed by atoms with Gasteiger partial charge in [0.05, 0.1) is 0 Å². The third kappa shape index (κ3) is 2.02. The van der Waals surface area contributed by atoms with Crippen LogP contribution in [-0.2, 0) is 0 Å². The van der Waals surface area contributed by atoms with Crippen molar-refractivity contribution < 1.29 is 4.42 Å². The van der Waals surface area contributed by atoms with Gasteiger partial charge in [0.2, 0.25) is 0 Å². The molecule has 0 aliphatic rings. The van der Waals surface area contributed by atoms with Crippen molar-refractivity contribution in [1.82, 2.24) is 0 Å². The van der Waals surface area contributed by atoms with Crippen LogP contribution in [0.3, 0.4) is 0 Å². The standard InChI is InChI=1S/C22H13ClO/c23-17-6-3-5-15(12-17)16-8-10-19-21(13-16)24-20-11-9-14-4-1-2-7-18(14)22(19)20/h1-13H. The molecule has 2 heteroatoms. The van der Waals surface area contributed by atoms with Gasteiger partial charge in [-0.1, -0.05) is 60.1 Å². The summed E-state index contributed by atoms with van der Waals surface area (Å²) in [6.45, 7) is 0. The van der Waals surface area contributed by atoms with E-state index >= 15 is 0 Å². The highest BCUT2D eigenvalue weighted by Crippen LogP contribution is 2.36. The van der Waals surface area contributed by atoms with E-state index < -0.39 is 0 Å². The van der Waals surface area contributed by atoms with Crippen molar-refractivity contribution in [3.05, 3.63) is 83.9 Å². The zero-order chi connectivity index (χ0) is 16.1. The van der Waals surface area contributed by atoms with Crippen LogP contribution in [0.4, 0.5) is 0 Å². The van der Waals surface area contributed by atoms with Crippen molar-refractivity contribution in [3.63, 3.8) is 0 Å². The molecule has 0 fully saturated rings. The molecule has 0 aliphatic heterocycles. The van der Waals surface area contributed by atoms with Crippen LogP contribution in [0.25, 0.3) is 43.8 Å². The van der Waals surface area contributed by atoms with Crippen molar-refractivity contribution in [2.75, 3.05) is 0 Å². The van der Waals surface area contributed by atoms with E-state index in [0.29, 0.717) is 0 Å². The Balaban J connectivity index is 1.82. The van der Waals surface area contributed by atoms with Crippen LogP contribution in [0.2, 0.25) is 5.02 Å². The van der Waals surface area contributed by atoms with Gasteiger partial charge in [0.15, 0.2) is 0 Å². The summed E-state index contributed by atoms with van der Waals surface area (Å²) in [5.74, 6) is 0. The van der Waals surface area contributed by atoms with E-state index in [4.69, 9.17) is 16.0 Å². The molecule has 0 unspecified atom stereocenters. The van der Waals surface area contributed by atoms with E-state index in [1.807, 2.05) is 18.2 Å². The Kier molecular flexibility index (Phi) is 2.91. The van der Waals surface area contributed by atoms with E-state index in [2.05, 4.69) is 60.7 Å². The van der Waals surface area contributed by atoms with Crippen molar-refractivity contribution in [2.45, 2.75) is 0 Å². The number of hydrogen-bond donors (Lipinski definition) is 0. The Morgan fingerprint density at radius 2 is 1.50 bits per heavy atom. The lowest BCUT2D eigenvalue weighted by atomic mass is 10.0. The summed E-state index contributed by atoms with van der Waals surface area (Å²) in [7, 11) is 0. The number of benzene rings is 4. The smallest absolute Gasteiger partial charge is 0.136 e. The maximum Gasteiger partial charge on any atom is 0.136 e. The number of rotatable bonds is 1. The first-order valence-corrected chi connectivity index (χ1v) is 8.27. The molecule has 0 amide bonds.